The molecule has 1 aromatic heterocycles. The van der Waals surface area contributed by atoms with Crippen LogP contribution in [0.15, 0.2) is 42.6 Å². The van der Waals surface area contributed by atoms with Gasteiger partial charge in [-0.2, -0.15) is 0 Å². The van der Waals surface area contributed by atoms with E-state index in [2.05, 4.69) is 4.98 Å². The Morgan fingerprint density at radius 2 is 1.67 bits per heavy atom. The normalized spacial score (nSPS) is 10.5. The quantitative estimate of drug-likeness (QED) is 0.614. The van der Waals surface area contributed by atoms with Gasteiger partial charge < -0.3 is 0 Å². The average Bonchev–Trinajstić information content (AvgIpc) is 2.55. The summed E-state index contributed by atoms with van der Waals surface area (Å²) in [6, 6.07) is 7.55. The first-order valence-electron chi connectivity index (χ1n) is 6.99. The summed E-state index contributed by atoms with van der Waals surface area (Å²) in [5, 5.41) is 21.9. The molecule has 0 N–H and O–H groups in total. The fourth-order valence-corrected chi connectivity index (χ4v) is 2.17. The van der Waals surface area contributed by atoms with Crippen LogP contribution >= 0.6 is 0 Å². The number of nitro benzene ring substituents is 2. The van der Waals surface area contributed by atoms with E-state index in [9.17, 15) is 25.0 Å². The Morgan fingerprint density at radius 1 is 1.08 bits per heavy atom. The van der Waals surface area contributed by atoms with E-state index in [1.807, 2.05) is 0 Å². The van der Waals surface area contributed by atoms with Crippen LogP contribution in [0.1, 0.15) is 24.2 Å². The highest BCUT2D eigenvalue weighted by atomic mass is 16.6. The van der Waals surface area contributed by atoms with Crippen molar-refractivity contribution < 1.29 is 14.6 Å². The monoisotopic (exact) mass is 330 g/mol. The van der Waals surface area contributed by atoms with E-state index in [-0.39, 0.29) is 11.6 Å². The molecule has 9 heteroatoms. The summed E-state index contributed by atoms with van der Waals surface area (Å²) in [6.45, 7) is 3.50. The van der Waals surface area contributed by atoms with Crippen molar-refractivity contribution in [3.05, 3.63) is 68.4 Å². The second-order valence-corrected chi connectivity index (χ2v) is 5.21. The van der Waals surface area contributed by atoms with Gasteiger partial charge in [0, 0.05) is 24.4 Å². The molecule has 9 nitrogen and oxygen atoms in total. The van der Waals surface area contributed by atoms with Crippen molar-refractivity contribution in [2.45, 2.75) is 19.9 Å². The van der Waals surface area contributed by atoms with Crippen LogP contribution in [-0.4, -0.2) is 26.8 Å². The number of nitrogens with zero attached hydrogens (tertiary/aromatic N) is 4. The summed E-state index contributed by atoms with van der Waals surface area (Å²) < 4.78 is 0. The van der Waals surface area contributed by atoms with Crippen molar-refractivity contribution in [3.63, 3.8) is 0 Å². The minimum atomic E-state index is -0.774. The molecule has 0 aliphatic carbocycles. The van der Waals surface area contributed by atoms with Crippen molar-refractivity contribution in [3.8, 4) is 0 Å². The van der Waals surface area contributed by atoms with Gasteiger partial charge in [0.25, 0.3) is 17.3 Å². The van der Waals surface area contributed by atoms with Crippen molar-refractivity contribution in [1.82, 2.24) is 4.98 Å². The predicted molar refractivity (Wildman–Crippen MR) is 85.9 cm³/mol. The second-order valence-electron chi connectivity index (χ2n) is 5.21. The molecule has 0 spiro atoms. The van der Waals surface area contributed by atoms with Crippen LogP contribution < -0.4 is 4.90 Å². The van der Waals surface area contributed by atoms with Gasteiger partial charge in [0.2, 0.25) is 0 Å². The Bertz CT molecular complexity index is 759. The van der Waals surface area contributed by atoms with Gasteiger partial charge in [-0.15, -0.1) is 0 Å². The third-order valence-corrected chi connectivity index (χ3v) is 3.20. The second kappa shape index (κ2) is 6.82. The average molecular weight is 330 g/mol. The highest BCUT2D eigenvalue weighted by Crippen LogP contribution is 2.25. The van der Waals surface area contributed by atoms with Gasteiger partial charge >= 0.3 is 0 Å². The van der Waals surface area contributed by atoms with Gasteiger partial charge in [0.15, 0.2) is 0 Å². The Balaban J connectivity index is 2.54. The molecule has 1 amide bonds. The first kappa shape index (κ1) is 17.0. The number of carbonyl (C=O) groups is 1. The van der Waals surface area contributed by atoms with E-state index in [0.717, 1.165) is 18.2 Å². The third-order valence-electron chi connectivity index (χ3n) is 3.20. The summed E-state index contributed by atoms with van der Waals surface area (Å²) in [7, 11) is 0. The lowest BCUT2D eigenvalue weighted by Gasteiger charge is -2.25. The van der Waals surface area contributed by atoms with Gasteiger partial charge in [-0.1, -0.05) is 6.07 Å². The number of benzene rings is 1. The number of amides is 1. The molecule has 2 rings (SSSR count). The Kier molecular flexibility index (Phi) is 4.83. The number of anilines is 1. The molecule has 0 fully saturated rings. The van der Waals surface area contributed by atoms with Crippen LogP contribution in [0.25, 0.3) is 0 Å². The summed E-state index contributed by atoms with van der Waals surface area (Å²) in [4.78, 5) is 38.6. The van der Waals surface area contributed by atoms with Gasteiger partial charge in [-0.05, 0) is 26.0 Å². The van der Waals surface area contributed by atoms with E-state index >= 15 is 0 Å². The molecule has 2 aromatic rings. The van der Waals surface area contributed by atoms with Crippen LogP contribution in [0, 0.1) is 20.2 Å². The first-order chi connectivity index (χ1) is 11.3. The molecule has 24 heavy (non-hydrogen) atoms. The van der Waals surface area contributed by atoms with Crippen LogP contribution in [0.5, 0.6) is 0 Å². The maximum atomic E-state index is 12.8. The fourth-order valence-electron chi connectivity index (χ4n) is 2.17. The largest absolute Gasteiger partial charge is 0.290 e. The van der Waals surface area contributed by atoms with Crippen molar-refractivity contribution in [2.75, 3.05) is 4.90 Å². The van der Waals surface area contributed by atoms with Crippen molar-refractivity contribution in [1.29, 1.82) is 0 Å². The molecule has 1 aromatic carbocycles. The molecular weight excluding hydrogens is 316 g/mol. The zero-order chi connectivity index (χ0) is 17.9. The minimum Gasteiger partial charge on any atom is -0.290 e. The number of hydrogen-bond acceptors (Lipinski definition) is 6. The summed E-state index contributed by atoms with van der Waals surface area (Å²) in [5.41, 5.74) is -1.18. The lowest BCUT2D eigenvalue weighted by Crippen LogP contribution is -2.37. The molecule has 0 radical (unpaired) electrons. The van der Waals surface area contributed by atoms with Gasteiger partial charge in [-0.25, -0.2) is 4.98 Å². The van der Waals surface area contributed by atoms with E-state index < -0.39 is 27.1 Å². The molecule has 0 saturated heterocycles. The topological polar surface area (TPSA) is 119 Å². The number of non-ortho nitro benzene ring substituents is 2. The number of hydrogen-bond donors (Lipinski definition) is 0. The number of nitro groups is 2. The fraction of sp³-hybridized carbons (Fsp3) is 0.200. The number of rotatable bonds is 5. The summed E-state index contributed by atoms with van der Waals surface area (Å²) >= 11 is 0. The van der Waals surface area contributed by atoms with E-state index in [4.69, 9.17) is 0 Å². The summed E-state index contributed by atoms with van der Waals surface area (Å²) in [5.74, 6) is -0.248. The number of pyridine rings is 1. The maximum Gasteiger partial charge on any atom is 0.277 e. The van der Waals surface area contributed by atoms with Gasteiger partial charge in [0.05, 0.1) is 21.5 Å². The smallest absolute Gasteiger partial charge is 0.277 e. The standard InChI is InChI=1S/C15H14N4O5/c1-10(2)17(14-5-3-4-6-16-14)15(20)11-7-12(18(21)22)9-13(8-11)19(23)24/h3-10H,1-2H3. The molecule has 0 atom stereocenters. The summed E-state index contributed by atoms with van der Waals surface area (Å²) in [6.07, 6.45) is 1.51. The van der Waals surface area contributed by atoms with E-state index in [0.29, 0.717) is 5.82 Å². The Morgan fingerprint density at radius 3 is 2.08 bits per heavy atom. The highest BCUT2D eigenvalue weighted by molar-refractivity contribution is 6.06. The van der Waals surface area contributed by atoms with Crippen LogP contribution in [0.3, 0.4) is 0 Å². The SMILES string of the molecule is CC(C)N(C(=O)c1cc([N+](=O)[O-])cc([N+](=O)[O-])c1)c1ccccn1. The predicted octanol–water partition coefficient (Wildman–Crippen LogP) is 2.95. The lowest BCUT2D eigenvalue weighted by atomic mass is 10.1. The van der Waals surface area contributed by atoms with E-state index in [1.54, 1.807) is 32.0 Å². The Labute approximate surface area is 136 Å². The van der Waals surface area contributed by atoms with Crippen LogP contribution in [0.4, 0.5) is 17.2 Å². The van der Waals surface area contributed by atoms with Crippen LogP contribution in [0.2, 0.25) is 0 Å². The van der Waals surface area contributed by atoms with Gasteiger partial charge in [-0.3, -0.25) is 29.9 Å². The zero-order valence-electron chi connectivity index (χ0n) is 12.9. The van der Waals surface area contributed by atoms with E-state index in [1.165, 1.54) is 11.1 Å². The zero-order valence-corrected chi connectivity index (χ0v) is 12.9. The molecule has 0 aliphatic rings. The number of carbonyl (C=O) groups excluding carboxylic acids is 1. The molecule has 1 heterocycles. The molecule has 0 bridgehead atoms. The molecule has 0 saturated carbocycles. The molecule has 0 aliphatic heterocycles. The third kappa shape index (κ3) is 3.51. The number of aromatic nitrogens is 1. The first-order valence-corrected chi connectivity index (χ1v) is 6.99. The van der Waals surface area contributed by atoms with Crippen molar-refractivity contribution >= 4 is 23.1 Å². The molecule has 124 valence electrons. The highest BCUT2D eigenvalue weighted by Gasteiger charge is 2.26. The molecule has 0 unspecified atom stereocenters. The minimum absolute atomic E-state index is 0.143. The van der Waals surface area contributed by atoms with Gasteiger partial charge in [0.1, 0.15) is 5.82 Å². The maximum absolute atomic E-state index is 12.8. The Hall–Kier alpha value is -3.36. The van der Waals surface area contributed by atoms with Crippen LogP contribution in [-0.2, 0) is 0 Å². The lowest BCUT2D eigenvalue weighted by molar-refractivity contribution is -0.394. The molecular formula is C15H14N4O5. The van der Waals surface area contributed by atoms with Crippen molar-refractivity contribution in [2.24, 2.45) is 0 Å².